The second-order valence-corrected chi connectivity index (χ2v) is 6.23. The zero-order valence-electron chi connectivity index (χ0n) is 11.3. The average Bonchev–Trinajstić information content (AvgIpc) is 2.39. The fourth-order valence-electron chi connectivity index (χ4n) is 1.91. The van der Waals surface area contributed by atoms with Crippen LogP contribution in [0.5, 0.6) is 0 Å². The molecule has 1 atom stereocenters. The highest BCUT2D eigenvalue weighted by molar-refractivity contribution is 8.13. The Morgan fingerprint density at radius 3 is 2.10 bits per heavy atom. The number of nitrogens with two attached hydrogens (primary N) is 1. The second kappa shape index (κ2) is 7.70. The van der Waals surface area contributed by atoms with Gasteiger partial charge >= 0.3 is 0 Å². The number of benzene rings is 2. The third kappa shape index (κ3) is 4.70. The lowest BCUT2D eigenvalue weighted by atomic mass is 10.0. The Balaban J connectivity index is 0.00000200. The van der Waals surface area contributed by atoms with E-state index in [2.05, 4.69) is 42.3 Å². The Labute approximate surface area is 124 Å². The summed E-state index contributed by atoms with van der Waals surface area (Å²) in [6.45, 7) is 0. The molecule has 1 unspecified atom stereocenters. The predicted octanol–water partition coefficient (Wildman–Crippen LogP) is 2.66. The molecule has 0 spiro atoms. The Bertz CT molecular complexity index is 581. The molecule has 0 heterocycles. The number of amides is 1. The van der Waals surface area contributed by atoms with E-state index in [0.717, 1.165) is 5.75 Å². The lowest BCUT2D eigenvalue weighted by molar-refractivity contribution is -0.115. The second-order valence-electron chi connectivity index (χ2n) is 4.43. The molecule has 2 nitrogen and oxygen atoms in total. The van der Waals surface area contributed by atoms with Crippen molar-refractivity contribution in [3.05, 3.63) is 60.2 Å². The molecule has 2 aromatic rings. The molecule has 0 bridgehead atoms. The van der Waals surface area contributed by atoms with E-state index in [4.69, 9.17) is 5.73 Å². The number of rotatable bonds is 5. The first-order chi connectivity index (χ1) is 9.15. The lowest BCUT2D eigenvalue weighted by Gasteiger charge is -2.07. The minimum Gasteiger partial charge on any atom is -0.369 e. The van der Waals surface area contributed by atoms with Crippen molar-refractivity contribution < 1.29 is 4.79 Å². The normalized spacial score (nSPS) is 11.4. The molecule has 0 aromatic heterocycles. The van der Waals surface area contributed by atoms with Gasteiger partial charge in [0.25, 0.3) is 0 Å². The Hall–Kier alpha value is -1.81. The van der Waals surface area contributed by atoms with Crippen molar-refractivity contribution in [1.29, 1.82) is 0 Å². The number of carbonyl (C=O) groups excluding carboxylic acids is 1. The third-order valence-corrected chi connectivity index (χ3v) is 4.21. The Morgan fingerprint density at radius 2 is 1.55 bits per heavy atom. The van der Waals surface area contributed by atoms with Crippen LogP contribution in [0, 0.1) is 0 Å². The highest BCUT2D eigenvalue weighted by Gasteiger charge is 2.01. The van der Waals surface area contributed by atoms with Crippen LogP contribution in [0.25, 0.3) is 11.1 Å². The van der Waals surface area contributed by atoms with Gasteiger partial charge in [-0.3, -0.25) is 4.79 Å². The van der Waals surface area contributed by atoms with Gasteiger partial charge in [0.05, 0.1) is 5.75 Å². The van der Waals surface area contributed by atoms with Gasteiger partial charge in [-0.15, -0.1) is 0 Å². The summed E-state index contributed by atoms with van der Waals surface area (Å²) in [5, 5.41) is 0. The summed E-state index contributed by atoms with van der Waals surface area (Å²) < 4.78 is 0. The van der Waals surface area contributed by atoms with Gasteiger partial charge in [-0.1, -0.05) is 60.5 Å². The summed E-state index contributed by atoms with van der Waals surface area (Å²) in [5.74, 6) is 4.87. The quantitative estimate of drug-likeness (QED) is 0.665. The van der Waals surface area contributed by atoms with Crippen molar-refractivity contribution >= 4 is 30.7 Å². The maximum atomic E-state index is 10.8. The van der Waals surface area contributed by atoms with E-state index in [9.17, 15) is 4.79 Å². The van der Waals surface area contributed by atoms with Crippen LogP contribution in [0.4, 0.5) is 0 Å². The van der Waals surface area contributed by atoms with Crippen molar-refractivity contribution in [2.75, 3.05) is 5.75 Å². The van der Waals surface area contributed by atoms with E-state index >= 15 is 0 Å². The summed E-state index contributed by atoms with van der Waals surface area (Å²) in [6.07, 6.45) is 0. The number of hydrogen-bond donors (Lipinski definition) is 1. The van der Waals surface area contributed by atoms with E-state index in [-0.39, 0.29) is 24.8 Å². The topological polar surface area (TPSA) is 43.1 Å². The van der Waals surface area contributed by atoms with E-state index in [0.29, 0.717) is 5.75 Å². The molecular weight excluding hydrogens is 265 g/mol. The van der Waals surface area contributed by atoms with Gasteiger partial charge < -0.3 is 5.73 Å². The molecule has 2 N–H and O–H groups in total. The van der Waals surface area contributed by atoms with Crippen molar-refractivity contribution in [2.24, 2.45) is 5.73 Å². The molecule has 0 saturated carbocycles. The molecule has 0 aliphatic rings. The summed E-state index contributed by atoms with van der Waals surface area (Å²) in [6, 6.07) is 18.6. The maximum absolute atomic E-state index is 10.8. The summed E-state index contributed by atoms with van der Waals surface area (Å²) in [5.41, 5.74) is 8.77. The van der Waals surface area contributed by atoms with Crippen molar-refractivity contribution in [2.45, 2.75) is 5.75 Å². The SMILES string of the molecule is C=S(CC(N)=O)Cc1ccc(-c2ccccc2)cc1.[B]. The molecule has 0 aliphatic heterocycles. The summed E-state index contributed by atoms with van der Waals surface area (Å²) in [7, 11) is -0.227. The van der Waals surface area contributed by atoms with Gasteiger partial charge in [-0.05, 0) is 16.7 Å². The first-order valence-electron chi connectivity index (χ1n) is 6.05. The van der Waals surface area contributed by atoms with Crippen LogP contribution in [0.15, 0.2) is 54.6 Å². The maximum Gasteiger partial charge on any atom is 0.226 e. The van der Waals surface area contributed by atoms with Crippen molar-refractivity contribution in [1.82, 2.24) is 0 Å². The minimum atomic E-state index is -0.278. The Morgan fingerprint density at radius 1 is 1.00 bits per heavy atom. The number of hydrogen-bond acceptors (Lipinski definition) is 1. The molecule has 20 heavy (non-hydrogen) atoms. The highest BCUT2D eigenvalue weighted by atomic mass is 32.2. The third-order valence-electron chi connectivity index (χ3n) is 2.78. The van der Waals surface area contributed by atoms with Gasteiger partial charge in [0, 0.05) is 14.2 Å². The lowest BCUT2D eigenvalue weighted by Crippen LogP contribution is -2.14. The van der Waals surface area contributed by atoms with Crippen molar-refractivity contribution in [3.8, 4) is 11.1 Å². The van der Waals surface area contributed by atoms with E-state index < -0.39 is 0 Å². The average molecular weight is 282 g/mol. The fraction of sp³-hybridized carbons (Fsp3) is 0.125. The number of primary amides is 1. The fourth-order valence-corrected chi connectivity index (χ4v) is 3.08. The van der Waals surface area contributed by atoms with Crippen LogP contribution in [0.2, 0.25) is 0 Å². The standard InChI is InChI=1S/C16H17NOS.B/c1-19(12-16(17)18)11-13-7-9-15(10-8-13)14-5-3-2-4-6-14;/h2-10H,1,11-12H2,(H2,17,18);. The van der Waals surface area contributed by atoms with Crippen LogP contribution in [-0.4, -0.2) is 25.9 Å². The van der Waals surface area contributed by atoms with Gasteiger partial charge in [0.15, 0.2) is 0 Å². The van der Waals surface area contributed by atoms with Crippen LogP contribution < -0.4 is 5.73 Å². The van der Waals surface area contributed by atoms with Crippen molar-refractivity contribution in [3.63, 3.8) is 0 Å². The smallest absolute Gasteiger partial charge is 0.226 e. The molecule has 0 fully saturated rings. The van der Waals surface area contributed by atoms with E-state index in [1.807, 2.05) is 18.2 Å². The zero-order chi connectivity index (χ0) is 13.7. The monoisotopic (exact) mass is 282 g/mol. The van der Waals surface area contributed by atoms with Gasteiger partial charge in [0.1, 0.15) is 0 Å². The highest BCUT2D eigenvalue weighted by Crippen LogP contribution is 2.22. The first-order valence-corrected chi connectivity index (χ1v) is 7.78. The summed E-state index contributed by atoms with van der Waals surface area (Å²) >= 11 is 0. The van der Waals surface area contributed by atoms with Gasteiger partial charge in [-0.25, -0.2) is 0 Å². The molecule has 0 aliphatic carbocycles. The molecule has 3 radical (unpaired) electrons. The van der Waals surface area contributed by atoms with Gasteiger partial charge in [0.2, 0.25) is 5.91 Å². The summed E-state index contributed by atoms with van der Waals surface area (Å²) in [4.78, 5) is 10.8. The molecule has 0 saturated heterocycles. The zero-order valence-corrected chi connectivity index (χ0v) is 12.1. The van der Waals surface area contributed by atoms with Gasteiger partial charge in [-0.2, -0.15) is 10.5 Å². The molecule has 4 heteroatoms. The van der Waals surface area contributed by atoms with E-state index in [1.165, 1.54) is 16.7 Å². The first kappa shape index (κ1) is 16.2. The molecule has 2 rings (SSSR count). The van der Waals surface area contributed by atoms with Crippen LogP contribution in [0.3, 0.4) is 0 Å². The van der Waals surface area contributed by atoms with Crippen LogP contribution in [0.1, 0.15) is 5.56 Å². The number of carbonyl (C=O) groups is 1. The Kier molecular flexibility index (Phi) is 6.26. The minimum absolute atomic E-state index is 0. The predicted molar refractivity (Wildman–Crippen MR) is 90.1 cm³/mol. The molecule has 1 amide bonds. The molecule has 101 valence electrons. The molecule has 2 aromatic carbocycles. The van der Waals surface area contributed by atoms with Crippen LogP contribution in [-0.2, 0) is 10.5 Å². The van der Waals surface area contributed by atoms with E-state index in [1.54, 1.807) is 0 Å². The molecular formula is C16H17BNOS. The largest absolute Gasteiger partial charge is 0.369 e. The van der Waals surface area contributed by atoms with Crippen LogP contribution >= 0.6 is 10.5 Å².